The molecule has 4 nitrogen and oxygen atoms in total. The van der Waals surface area contributed by atoms with E-state index >= 15 is 0 Å². The number of carbonyl (C=O) groups excluding carboxylic acids is 1. The summed E-state index contributed by atoms with van der Waals surface area (Å²) in [5, 5.41) is 2.91. The fourth-order valence-electron chi connectivity index (χ4n) is 2.77. The van der Waals surface area contributed by atoms with Crippen molar-refractivity contribution in [3.63, 3.8) is 0 Å². The Bertz CT molecular complexity index is 908. The number of nitrogens with one attached hydrogen (secondary N) is 1. The summed E-state index contributed by atoms with van der Waals surface area (Å²) in [6.07, 6.45) is 7.14. The Morgan fingerprint density at radius 3 is 2.68 bits per heavy atom. The minimum absolute atomic E-state index is 0.131. The molecule has 0 saturated carbocycles. The molecule has 2 aromatic heterocycles. The van der Waals surface area contributed by atoms with Crippen molar-refractivity contribution in [1.82, 2.24) is 9.38 Å². The first-order valence-electron chi connectivity index (χ1n) is 8.65. The Morgan fingerprint density at radius 1 is 1.24 bits per heavy atom. The molecule has 0 atom stereocenters. The van der Waals surface area contributed by atoms with Gasteiger partial charge in [0, 0.05) is 17.4 Å². The predicted molar refractivity (Wildman–Crippen MR) is 103 cm³/mol. The first kappa shape index (κ1) is 17.0. The molecular weight excluding hydrogens is 310 g/mol. The maximum atomic E-state index is 12.5. The van der Waals surface area contributed by atoms with Gasteiger partial charge in [-0.3, -0.25) is 9.20 Å². The van der Waals surface area contributed by atoms with Crippen molar-refractivity contribution in [2.45, 2.75) is 33.1 Å². The second-order valence-corrected chi connectivity index (χ2v) is 6.31. The van der Waals surface area contributed by atoms with Crippen molar-refractivity contribution >= 4 is 23.3 Å². The van der Waals surface area contributed by atoms with Crippen LogP contribution in [0.15, 0.2) is 54.7 Å². The fourth-order valence-corrected chi connectivity index (χ4v) is 2.77. The van der Waals surface area contributed by atoms with Crippen LogP contribution < -0.4 is 5.32 Å². The topological polar surface area (TPSA) is 46.4 Å². The molecule has 1 aromatic carbocycles. The lowest BCUT2D eigenvalue weighted by molar-refractivity contribution is 0.102. The number of carbonyl (C=O) groups is 1. The Morgan fingerprint density at radius 2 is 2.00 bits per heavy atom. The van der Waals surface area contributed by atoms with E-state index in [0.29, 0.717) is 11.5 Å². The predicted octanol–water partition coefficient (Wildman–Crippen LogP) is 5.13. The zero-order valence-corrected chi connectivity index (χ0v) is 14.9. The van der Waals surface area contributed by atoms with Crippen LogP contribution in [-0.4, -0.2) is 15.3 Å². The third kappa shape index (κ3) is 3.63. The molecule has 128 valence electrons. The van der Waals surface area contributed by atoms with Crippen molar-refractivity contribution < 1.29 is 4.79 Å². The smallest absolute Gasteiger partial charge is 0.255 e. The van der Waals surface area contributed by atoms with Crippen LogP contribution in [0.4, 0.5) is 5.69 Å². The maximum Gasteiger partial charge on any atom is 0.255 e. The summed E-state index contributed by atoms with van der Waals surface area (Å²) < 4.78 is 2.04. The maximum absolute atomic E-state index is 12.5. The van der Waals surface area contributed by atoms with Gasteiger partial charge in [0.25, 0.3) is 5.91 Å². The van der Waals surface area contributed by atoms with E-state index in [-0.39, 0.29) is 5.91 Å². The molecule has 0 aliphatic rings. The Labute approximate surface area is 148 Å². The SMILES string of the molecule is CC/C=C/c1c(C(C)C)nc2cc(C(=O)Nc3ccccc3)ccn12. The van der Waals surface area contributed by atoms with E-state index < -0.39 is 0 Å². The number of amides is 1. The Balaban J connectivity index is 1.97. The first-order chi connectivity index (χ1) is 12.1. The minimum atomic E-state index is -0.131. The van der Waals surface area contributed by atoms with Gasteiger partial charge in [0.05, 0.1) is 11.4 Å². The normalized spacial score (nSPS) is 11.5. The van der Waals surface area contributed by atoms with Gasteiger partial charge in [-0.1, -0.05) is 45.0 Å². The highest BCUT2D eigenvalue weighted by Gasteiger charge is 2.15. The van der Waals surface area contributed by atoms with Crippen molar-refractivity contribution in [2.24, 2.45) is 0 Å². The highest BCUT2D eigenvalue weighted by Crippen LogP contribution is 2.23. The Hall–Kier alpha value is -2.88. The molecule has 3 aromatic rings. The number of nitrogens with zero attached hydrogens (tertiary/aromatic N) is 2. The molecular formula is C21H23N3O. The highest BCUT2D eigenvalue weighted by atomic mass is 16.1. The quantitative estimate of drug-likeness (QED) is 0.703. The van der Waals surface area contributed by atoms with Crippen molar-refractivity contribution in [2.75, 3.05) is 5.32 Å². The largest absolute Gasteiger partial charge is 0.322 e. The number of fused-ring (bicyclic) bond motifs is 1. The average molecular weight is 333 g/mol. The van der Waals surface area contributed by atoms with Crippen LogP contribution in [0.1, 0.15) is 54.9 Å². The molecule has 1 N–H and O–H groups in total. The van der Waals surface area contributed by atoms with E-state index in [4.69, 9.17) is 4.98 Å². The first-order valence-corrected chi connectivity index (χ1v) is 8.65. The van der Waals surface area contributed by atoms with Crippen molar-refractivity contribution in [3.05, 3.63) is 71.7 Å². The third-order valence-electron chi connectivity index (χ3n) is 4.04. The molecule has 3 rings (SSSR count). The number of hydrogen-bond acceptors (Lipinski definition) is 2. The molecule has 4 heteroatoms. The van der Waals surface area contributed by atoms with Crippen LogP contribution in [0.3, 0.4) is 0 Å². The number of para-hydroxylation sites is 1. The second-order valence-electron chi connectivity index (χ2n) is 6.31. The summed E-state index contributed by atoms with van der Waals surface area (Å²) in [6.45, 7) is 6.38. The van der Waals surface area contributed by atoms with Gasteiger partial charge in [0.2, 0.25) is 0 Å². The van der Waals surface area contributed by atoms with Gasteiger partial charge in [-0.05, 0) is 42.7 Å². The number of allylic oxidation sites excluding steroid dienone is 1. The van der Waals surface area contributed by atoms with Gasteiger partial charge >= 0.3 is 0 Å². The van der Waals surface area contributed by atoms with Crippen LogP contribution in [0.25, 0.3) is 11.7 Å². The monoisotopic (exact) mass is 333 g/mol. The number of hydrogen-bond donors (Lipinski definition) is 1. The molecule has 0 aliphatic carbocycles. The molecule has 0 saturated heterocycles. The van der Waals surface area contributed by atoms with Gasteiger partial charge < -0.3 is 5.32 Å². The fraction of sp³-hybridized carbons (Fsp3) is 0.238. The lowest BCUT2D eigenvalue weighted by atomic mass is 10.1. The number of anilines is 1. The van der Waals surface area contributed by atoms with Crippen LogP contribution in [0.2, 0.25) is 0 Å². The molecule has 0 fully saturated rings. The van der Waals surface area contributed by atoms with E-state index in [1.807, 2.05) is 53.1 Å². The van der Waals surface area contributed by atoms with Crippen molar-refractivity contribution in [1.29, 1.82) is 0 Å². The number of pyridine rings is 1. The number of benzene rings is 1. The van der Waals surface area contributed by atoms with E-state index in [1.54, 1.807) is 0 Å². The average Bonchev–Trinajstić information content (AvgIpc) is 2.98. The zero-order valence-electron chi connectivity index (χ0n) is 14.9. The van der Waals surface area contributed by atoms with Gasteiger partial charge in [-0.15, -0.1) is 0 Å². The molecule has 0 spiro atoms. The van der Waals surface area contributed by atoms with E-state index in [9.17, 15) is 4.79 Å². The van der Waals surface area contributed by atoms with E-state index in [1.165, 1.54) is 0 Å². The Kier molecular flexibility index (Phi) is 4.98. The molecule has 2 heterocycles. The molecule has 0 radical (unpaired) electrons. The van der Waals surface area contributed by atoms with Gasteiger partial charge in [0.1, 0.15) is 5.65 Å². The lowest BCUT2D eigenvalue weighted by Crippen LogP contribution is -2.12. The summed E-state index contributed by atoms with van der Waals surface area (Å²) >= 11 is 0. The van der Waals surface area contributed by atoms with Crippen molar-refractivity contribution in [3.8, 4) is 0 Å². The van der Waals surface area contributed by atoms with Gasteiger partial charge in [0.15, 0.2) is 0 Å². The zero-order chi connectivity index (χ0) is 17.8. The molecule has 0 bridgehead atoms. The van der Waals surface area contributed by atoms with Crippen LogP contribution in [0, 0.1) is 0 Å². The van der Waals surface area contributed by atoms with Gasteiger partial charge in [-0.2, -0.15) is 0 Å². The standard InChI is InChI=1S/C21H23N3O/c1-4-5-11-18-20(15(2)3)23-19-14-16(12-13-24(18)19)21(25)22-17-9-7-6-8-10-17/h5-15H,4H2,1-3H3,(H,22,25)/b11-5+. The second kappa shape index (κ2) is 7.34. The molecule has 1 amide bonds. The summed E-state index contributed by atoms with van der Waals surface area (Å²) in [5.74, 6) is 0.187. The summed E-state index contributed by atoms with van der Waals surface area (Å²) in [4.78, 5) is 17.2. The summed E-state index contributed by atoms with van der Waals surface area (Å²) in [7, 11) is 0. The molecule has 0 unspecified atom stereocenters. The molecule has 25 heavy (non-hydrogen) atoms. The van der Waals surface area contributed by atoms with E-state index in [2.05, 4.69) is 38.2 Å². The van der Waals surface area contributed by atoms with Crippen LogP contribution in [-0.2, 0) is 0 Å². The van der Waals surface area contributed by atoms with Crippen LogP contribution in [0.5, 0.6) is 0 Å². The summed E-state index contributed by atoms with van der Waals surface area (Å²) in [5.41, 5.74) is 4.31. The number of imidazole rings is 1. The number of aromatic nitrogens is 2. The summed E-state index contributed by atoms with van der Waals surface area (Å²) in [6, 6.07) is 13.1. The number of rotatable bonds is 5. The van der Waals surface area contributed by atoms with Gasteiger partial charge in [-0.25, -0.2) is 4.98 Å². The lowest BCUT2D eigenvalue weighted by Gasteiger charge is -2.06. The molecule has 0 aliphatic heterocycles. The third-order valence-corrected chi connectivity index (χ3v) is 4.04. The van der Waals surface area contributed by atoms with Crippen LogP contribution >= 0.6 is 0 Å². The minimum Gasteiger partial charge on any atom is -0.322 e. The highest BCUT2D eigenvalue weighted by molar-refractivity contribution is 6.04. The van der Waals surface area contributed by atoms with E-state index in [0.717, 1.165) is 29.1 Å².